The minimum atomic E-state index is -0.119. The van der Waals surface area contributed by atoms with Crippen molar-refractivity contribution in [2.75, 3.05) is 13.1 Å². The second-order valence-electron chi connectivity index (χ2n) is 6.07. The summed E-state index contributed by atoms with van der Waals surface area (Å²) in [5.41, 5.74) is 2.04. The molecule has 1 amide bonds. The molecule has 1 aliphatic heterocycles. The molecule has 6 heteroatoms. The van der Waals surface area contributed by atoms with Crippen LogP contribution in [0.25, 0.3) is 0 Å². The highest BCUT2D eigenvalue weighted by atomic mass is 35.5. The van der Waals surface area contributed by atoms with Gasteiger partial charge >= 0.3 is 0 Å². The molecule has 122 valence electrons. The SMILES string of the molecule is CC(NC(=O)[C@H]1CNC[C@@H]1c1cnn(C)c1)c1ccccc1Cl. The fourth-order valence-corrected chi connectivity index (χ4v) is 3.46. The van der Waals surface area contributed by atoms with Gasteiger partial charge in [0.1, 0.15) is 0 Å². The lowest BCUT2D eigenvalue weighted by molar-refractivity contribution is -0.125. The highest BCUT2D eigenvalue weighted by molar-refractivity contribution is 6.31. The van der Waals surface area contributed by atoms with Gasteiger partial charge in [-0.2, -0.15) is 5.10 Å². The molecular weight excluding hydrogens is 312 g/mol. The normalized spacial score (nSPS) is 22.0. The van der Waals surface area contributed by atoms with Gasteiger partial charge in [0.15, 0.2) is 0 Å². The highest BCUT2D eigenvalue weighted by Gasteiger charge is 2.35. The number of benzene rings is 1. The molecule has 3 rings (SSSR count). The number of hydrogen-bond donors (Lipinski definition) is 2. The molecule has 1 unspecified atom stereocenters. The van der Waals surface area contributed by atoms with E-state index in [9.17, 15) is 4.79 Å². The van der Waals surface area contributed by atoms with E-state index in [-0.39, 0.29) is 23.8 Å². The van der Waals surface area contributed by atoms with Gasteiger partial charge in [-0.05, 0) is 24.1 Å². The van der Waals surface area contributed by atoms with Crippen LogP contribution in [0.1, 0.15) is 30.0 Å². The van der Waals surface area contributed by atoms with E-state index >= 15 is 0 Å². The summed E-state index contributed by atoms with van der Waals surface area (Å²) in [6, 6.07) is 7.49. The number of halogens is 1. The molecule has 2 N–H and O–H groups in total. The van der Waals surface area contributed by atoms with Crippen molar-refractivity contribution in [3.8, 4) is 0 Å². The van der Waals surface area contributed by atoms with Crippen molar-refractivity contribution >= 4 is 17.5 Å². The fraction of sp³-hybridized carbons (Fsp3) is 0.412. The van der Waals surface area contributed by atoms with Crippen LogP contribution in [-0.2, 0) is 11.8 Å². The van der Waals surface area contributed by atoms with Gasteiger partial charge in [0.2, 0.25) is 5.91 Å². The van der Waals surface area contributed by atoms with Crippen molar-refractivity contribution in [3.05, 3.63) is 52.8 Å². The molecule has 0 spiro atoms. The van der Waals surface area contributed by atoms with Crippen LogP contribution in [0.3, 0.4) is 0 Å². The summed E-state index contributed by atoms with van der Waals surface area (Å²) in [7, 11) is 1.89. The topological polar surface area (TPSA) is 59.0 Å². The Morgan fingerprint density at radius 3 is 2.91 bits per heavy atom. The number of amides is 1. The van der Waals surface area contributed by atoms with Crippen molar-refractivity contribution in [1.82, 2.24) is 20.4 Å². The van der Waals surface area contributed by atoms with Gasteiger partial charge in [-0.15, -0.1) is 0 Å². The maximum Gasteiger partial charge on any atom is 0.225 e. The highest BCUT2D eigenvalue weighted by Crippen LogP contribution is 2.29. The summed E-state index contributed by atoms with van der Waals surface area (Å²) < 4.78 is 1.77. The molecule has 2 aromatic rings. The van der Waals surface area contributed by atoms with Gasteiger partial charge in [0.25, 0.3) is 0 Å². The number of nitrogens with zero attached hydrogens (tertiary/aromatic N) is 2. The van der Waals surface area contributed by atoms with Crippen LogP contribution < -0.4 is 10.6 Å². The number of hydrogen-bond acceptors (Lipinski definition) is 3. The number of carbonyl (C=O) groups is 1. The maximum atomic E-state index is 12.7. The third kappa shape index (κ3) is 3.41. The zero-order chi connectivity index (χ0) is 16.4. The largest absolute Gasteiger partial charge is 0.349 e. The number of aromatic nitrogens is 2. The lowest BCUT2D eigenvalue weighted by Crippen LogP contribution is -2.36. The number of nitrogens with one attached hydrogen (secondary N) is 2. The molecule has 3 atom stereocenters. The summed E-state index contributed by atoms with van der Waals surface area (Å²) >= 11 is 6.21. The quantitative estimate of drug-likeness (QED) is 0.903. The van der Waals surface area contributed by atoms with E-state index in [1.807, 2.05) is 50.6 Å². The third-order valence-electron chi connectivity index (χ3n) is 4.43. The first-order chi connectivity index (χ1) is 11.1. The van der Waals surface area contributed by atoms with Gasteiger partial charge in [-0.1, -0.05) is 29.8 Å². The van der Waals surface area contributed by atoms with Gasteiger partial charge < -0.3 is 10.6 Å². The molecule has 0 bridgehead atoms. The van der Waals surface area contributed by atoms with Crippen LogP contribution in [0.5, 0.6) is 0 Å². The van der Waals surface area contributed by atoms with Gasteiger partial charge in [-0.25, -0.2) is 0 Å². The molecule has 1 saturated heterocycles. The molecule has 23 heavy (non-hydrogen) atoms. The lowest BCUT2D eigenvalue weighted by atomic mass is 9.90. The molecule has 0 aliphatic carbocycles. The third-order valence-corrected chi connectivity index (χ3v) is 4.78. The van der Waals surface area contributed by atoms with E-state index in [1.54, 1.807) is 4.68 Å². The van der Waals surface area contributed by atoms with Crippen LogP contribution in [0.2, 0.25) is 5.02 Å². The predicted octanol–water partition coefficient (Wildman–Crippen LogP) is 2.25. The maximum absolute atomic E-state index is 12.7. The zero-order valence-corrected chi connectivity index (χ0v) is 14.0. The monoisotopic (exact) mass is 332 g/mol. The minimum absolute atomic E-state index is 0.0521. The van der Waals surface area contributed by atoms with Gasteiger partial charge in [0, 0.05) is 37.3 Å². The first kappa shape index (κ1) is 16.0. The van der Waals surface area contributed by atoms with Gasteiger partial charge in [0.05, 0.1) is 18.2 Å². The van der Waals surface area contributed by atoms with Crippen molar-refractivity contribution < 1.29 is 4.79 Å². The first-order valence-electron chi connectivity index (χ1n) is 7.80. The average Bonchev–Trinajstić information content (AvgIpc) is 3.15. The molecular formula is C17H21ClN4O. The molecule has 5 nitrogen and oxygen atoms in total. The first-order valence-corrected chi connectivity index (χ1v) is 8.18. The Morgan fingerprint density at radius 2 is 2.22 bits per heavy atom. The molecule has 2 heterocycles. The number of aryl methyl sites for hydroxylation is 1. The average molecular weight is 333 g/mol. The van der Waals surface area contributed by atoms with E-state index in [0.717, 1.165) is 17.7 Å². The Morgan fingerprint density at radius 1 is 1.43 bits per heavy atom. The summed E-state index contributed by atoms with van der Waals surface area (Å²) in [5.74, 6) is 0.113. The zero-order valence-electron chi connectivity index (χ0n) is 13.3. The van der Waals surface area contributed by atoms with Gasteiger partial charge in [-0.3, -0.25) is 9.48 Å². The second-order valence-corrected chi connectivity index (χ2v) is 6.48. The molecule has 1 aromatic heterocycles. The lowest BCUT2D eigenvalue weighted by Gasteiger charge is -2.21. The Bertz CT molecular complexity index is 699. The van der Waals surface area contributed by atoms with Crippen molar-refractivity contribution in [1.29, 1.82) is 0 Å². The van der Waals surface area contributed by atoms with Crippen LogP contribution in [0.15, 0.2) is 36.7 Å². The van der Waals surface area contributed by atoms with E-state index < -0.39 is 0 Å². The van der Waals surface area contributed by atoms with Crippen molar-refractivity contribution in [2.45, 2.75) is 18.9 Å². The van der Waals surface area contributed by atoms with Crippen LogP contribution >= 0.6 is 11.6 Å². The minimum Gasteiger partial charge on any atom is -0.349 e. The van der Waals surface area contributed by atoms with E-state index in [4.69, 9.17) is 11.6 Å². The number of carbonyl (C=O) groups excluding carboxylic acids is 1. The van der Waals surface area contributed by atoms with E-state index in [0.29, 0.717) is 11.6 Å². The Kier molecular flexibility index (Phi) is 4.68. The predicted molar refractivity (Wildman–Crippen MR) is 90.3 cm³/mol. The molecule has 1 fully saturated rings. The van der Waals surface area contributed by atoms with Crippen LogP contribution in [0.4, 0.5) is 0 Å². The summed E-state index contributed by atoms with van der Waals surface area (Å²) in [6.07, 6.45) is 3.82. The van der Waals surface area contributed by atoms with E-state index in [2.05, 4.69) is 15.7 Å². The van der Waals surface area contributed by atoms with Crippen LogP contribution in [0, 0.1) is 5.92 Å². The Hall–Kier alpha value is -1.85. The van der Waals surface area contributed by atoms with E-state index in [1.165, 1.54) is 0 Å². The Labute approximate surface area is 141 Å². The number of rotatable bonds is 4. The second kappa shape index (κ2) is 6.72. The molecule has 0 saturated carbocycles. The summed E-state index contributed by atoms with van der Waals surface area (Å²) in [5, 5.41) is 11.3. The molecule has 1 aliphatic rings. The summed E-state index contributed by atoms with van der Waals surface area (Å²) in [6.45, 7) is 3.44. The van der Waals surface area contributed by atoms with Crippen molar-refractivity contribution in [3.63, 3.8) is 0 Å². The standard InChI is InChI=1S/C17H21ClN4O/c1-11(13-5-3-4-6-16(13)18)21-17(23)15-9-19-8-14(15)12-7-20-22(2)10-12/h3-7,10-11,14-15,19H,8-9H2,1-2H3,(H,21,23)/t11?,14-,15+/m1/s1. The Balaban J connectivity index is 1.71. The summed E-state index contributed by atoms with van der Waals surface area (Å²) in [4.78, 5) is 12.7. The smallest absolute Gasteiger partial charge is 0.225 e. The molecule has 0 radical (unpaired) electrons. The molecule has 1 aromatic carbocycles. The fourth-order valence-electron chi connectivity index (χ4n) is 3.16. The van der Waals surface area contributed by atoms with Crippen LogP contribution in [-0.4, -0.2) is 28.8 Å². The van der Waals surface area contributed by atoms with Crippen molar-refractivity contribution in [2.24, 2.45) is 13.0 Å².